The second-order valence-corrected chi connectivity index (χ2v) is 5.35. The van der Waals surface area contributed by atoms with E-state index in [1.54, 1.807) is 30.3 Å². The summed E-state index contributed by atoms with van der Waals surface area (Å²) in [5.41, 5.74) is 0.0951. The van der Waals surface area contributed by atoms with E-state index < -0.39 is 11.7 Å². The molecular formula is C18H17F3N2O2. The number of halogens is 3. The Morgan fingerprint density at radius 3 is 2.32 bits per heavy atom. The smallest absolute Gasteiger partial charge is 0.352 e. The molecule has 2 N–H and O–H groups in total. The molecule has 0 saturated carbocycles. The lowest BCUT2D eigenvalue weighted by atomic mass is 10.1. The number of carbonyl (C=O) groups excluding carboxylic acids is 2. The summed E-state index contributed by atoms with van der Waals surface area (Å²) in [5.74, 6) is -0.642. The first-order valence-corrected chi connectivity index (χ1v) is 7.62. The summed E-state index contributed by atoms with van der Waals surface area (Å²) >= 11 is 0. The van der Waals surface area contributed by atoms with Crippen molar-refractivity contribution >= 4 is 11.8 Å². The van der Waals surface area contributed by atoms with Gasteiger partial charge in [-0.2, -0.15) is 13.2 Å². The van der Waals surface area contributed by atoms with Crippen LogP contribution in [0.1, 0.15) is 27.9 Å². The van der Waals surface area contributed by atoms with Crippen LogP contribution in [0.3, 0.4) is 0 Å². The molecule has 2 rings (SSSR count). The van der Waals surface area contributed by atoms with Crippen molar-refractivity contribution in [3.63, 3.8) is 0 Å². The third kappa shape index (κ3) is 5.95. The molecule has 0 spiro atoms. The van der Waals surface area contributed by atoms with Crippen LogP contribution in [0.15, 0.2) is 54.6 Å². The molecule has 4 nitrogen and oxygen atoms in total. The van der Waals surface area contributed by atoms with Crippen LogP contribution in [-0.4, -0.2) is 18.4 Å². The predicted molar refractivity (Wildman–Crippen MR) is 86.7 cm³/mol. The molecule has 0 atom stereocenters. The average Bonchev–Trinajstić information content (AvgIpc) is 2.60. The summed E-state index contributed by atoms with van der Waals surface area (Å²) in [6.45, 7) is 0.136. The Balaban J connectivity index is 1.75. The second-order valence-electron chi connectivity index (χ2n) is 5.35. The van der Waals surface area contributed by atoms with E-state index in [1.165, 1.54) is 12.1 Å². The highest BCUT2D eigenvalue weighted by Gasteiger charge is 2.30. The summed E-state index contributed by atoms with van der Waals surface area (Å²) in [7, 11) is 0. The first-order valence-electron chi connectivity index (χ1n) is 7.62. The molecule has 0 radical (unpaired) electrons. The Morgan fingerprint density at radius 2 is 1.64 bits per heavy atom. The highest BCUT2D eigenvalue weighted by molar-refractivity contribution is 5.94. The molecule has 0 heterocycles. The van der Waals surface area contributed by atoms with Crippen molar-refractivity contribution in [2.45, 2.75) is 19.1 Å². The average molecular weight is 350 g/mol. The molecule has 132 valence electrons. The van der Waals surface area contributed by atoms with Crippen molar-refractivity contribution in [1.29, 1.82) is 0 Å². The van der Waals surface area contributed by atoms with Gasteiger partial charge in [0.25, 0.3) is 5.91 Å². The van der Waals surface area contributed by atoms with Gasteiger partial charge in [-0.25, -0.2) is 0 Å². The number of benzene rings is 2. The summed E-state index contributed by atoms with van der Waals surface area (Å²) in [5, 5.41) is 5.14. The zero-order chi connectivity index (χ0) is 18.3. The zero-order valence-electron chi connectivity index (χ0n) is 13.3. The number of hydrogen-bond donors (Lipinski definition) is 2. The molecule has 7 heteroatoms. The fourth-order valence-electron chi connectivity index (χ4n) is 2.13. The second kappa shape index (κ2) is 8.32. The molecule has 0 aliphatic carbocycles. The SMILES string of the molecule is O=C(CCNC(=O)c1ccccc1)NCc1cccc(C(F)(F)F)c1. The number of nitrogens with one attached hydrogen (secondary N) is 2. The zero-order valence-corrected chi connectivity index (χ0v) is 13.3. The topological polar surface area (TPSA) is 58.2 Å². The lowest BCUT2D eigenvalue weighted by molar-refractivity contribution is -0.137. The third-order valence-electron chi connectivity index (χ3n) is 3.42. The van der Waals surface area contributed by atoms with Gasteiger partial charge in [0.1, 0.15) is 0 Å². The highest BCUT2D eigenvalue weighted by Crippen LogP contribution is 2.29. The monoisotopic (exact) mass is 350 g/mol. The van der Waals surface area contributed by atoms with Crippen LogP contribution in [0.2, 0.25) is 0 Å². The fraction of sp³-hybridized carbons (Fsp3) is 0.222. The molecule has 2 amide bonds. The molecule has 0 aromatic heterocycles. The quantitative estimate of drug-likeness (QED) is 0.841. The lowest BCUT2D eigenvalue weighted by Crippen LogP contribution is -2.30. The van der Waals surface area contributed by atoms with Gasteiger partial charge in [-0.15, -0.1) is 0 Å². The van der Waals surface area contributed by atoms with Crippen molar-refractivity contribution in [3.8, 4) is 0 Å². The first-order chi connectivity index (χ1) is 11.9. The maximum absolute atomic E-state index is 12.6. The van der Waals surface area contributed by atoms with Crippen LogP contribution in [0.5, 0.6) is 0 Å². The van der Waals surface area contributed by atoms with E-state index in [2.05, 4.69) is 10.6 Å². The van der Waals surface area contributed by atoms with Gasteiger partial charge in [0.15, 0.2) is 0 Å². The van der Waals surface area contributed by atoms with E-state index in [1.807, 2.05) is 0 Å². The summed E-state index contributed by atoms with van der Waals surface area (Å²) < 4.78 is 37.9. The van der Waals surface area contributed by atoms with Crippen LogP contribution < -0.4 is 10.6 Å². The van der Waals surface area contributed by atoms with Gasteiger partial charge in [0.05, 0.1) is 5.56 Å². The predicted octanol–water partition coefficient (Wildman–Crippen LogP) is 3.14. The van der Waals surface area contributed by atoms with Crippen molar-refractivity contribution in [2.75, 3.05) is 6.54 Å². The Labute approximate surface area is 143 Å². The Hall–Kier alpha value is -2.83. The normalized spacial score (nSPS) is 11.0. The van der Waals surface area contributed by atoms with Gasteiger partial charge < -0.3 is 10.6 Å². The van der Waals surface area contributed by atoms with Gasteiger partial charge >= 0.3 is 6.18 Å². The van der Waals surface area contributed by atoms with Gasteiger partial charge in [0, 0.05) is 25.1 Å². The molecule has 0 aliphatic rings. The first kappa shape index (κ1) is 18.5. The van der Waals surface area contributed by atoms with Crippen molar-refractivity contribution < 1.29 is 22.8 Å². The molecule has 0 fully saturated rings. The van der Waals surface area contributed by atoms with Crippen LogP contribution in [0, 0.1) is 0 Å². The molecule has 0 unspecified atom stereocenters. The van der Waals surface area contributed by atoms with E-state index >= 15 is 0 Å². The largest absolute Gasteiger partial charge is 0.416 e. The lowest BCUT2D eigenvalue weighted by Gasteiger charge is -2.10. The van der Waals surface area contributed by atoms with E-state index in [-0.39, 0.29) is 31.3 Å². The molecule has 0 saturated heterocycles. The fourth-order valence-corrected chi connectivity index (χ4v) is 2.13. The minimum atomic E-state index is -4.41. The van der Waals surface area contributed by atoms with Crippen molar-refractivity contribution in [2.24, 2.45) is 0 Å². The standard InChI is InChI=1S/C18H17F3N2O2/c19-18(20,21)15-8-4-5-13(11-15)12-23-16(24)9-10-22-17(25)14-6-2-1-3-7-14/h1-8,11H,9-10,12H2,(H,22,25)(H,23,24). The highest BCUT2D eigenvalue weighted by atomic mass is 19.4. The molecule has 2 aromatic carbocycles. The van der Waals surface area contributed by atoms with Gasteiger partial charge in [-0.05, 0) is 29.8 Å². The van der Waals surface area contributed by atoms with Crippen LogP contribution >= 0.6 is 0 Å². The summed E-state index contributed by atoms with van der Waals surface area (Å²) in [6.07, 6.45) is -4.38. The molecule has 0 bridgehead atoms. The Kier molecular flexibility index (Phi) is 6.16. The van der Waals surface area contributed by atoms with E-state index in [0.717, 1.165) is 12.1 Å². The number of rotatable bonds is 6. The van der Waals surface area contributed by atoms with Crippen LogP contribution in [0.4, 0.5) is 13.2 Å². The summed E-state index contributed by atoms with van der Waals surface area (Å²) in [6, 6.07) is 13.3. The maximum atomic E-state index is 12.6. The minimum absolute atomic E-state index is 0.00458. The molecule has 0 aliphatic heterocycles. The Morgan fingerprint density at radius 1 is 0.920 bits per heavy atom. The summed E-state index contributed by atoms with van der Waals surface area (Å²) in [4.78, 5) is 23.5. The van der Waals surface area contributed by atoms with Crippen LogP contribution in [-0.2, 0) is 17.5 Å². The van der Waals surface area contributed by atoms with E-state index in [9.17, 15) is 22.8 Å². The van der Waals surface area contributed by atoms with Crippen molar-refractivity contribution in [3.05, 3.63) is 71.3 Å². The van der Waals surface area contributed by atoms with Crippen LogP contribution in [0.25, 0.3) is 0 Å². The molecule has 25 heavy (non-hydrogen) atoms. The van der Waals surface area contributed by atoms with Crippen molar-refractivity contribution in [1.82, 2.24) is 10.6 Å². The van der Waals surface area contributed by atoms with Gasteiger partial charge in [-0.1, -0.05) is 30.3 Å². The Bertz CT molecular complexity index is 731. The van der Waals surface area contributed by atoms with E-state index in [0.29, 0.717) is 11.1 Å². The van der Waals surface area contributed by atoms with Gasteiger partial charge in [0.2, 0.25) is 5.91 Å². The minimum Gasteiger partial charge on any atom is -0.352 e. The molecule has 2 aromatic rings. The number of amides is 2. The molecular weight excluding hydrogens is 333 g/mol. The third-order valence-corrected chi connectivity index (χ3v) is 3.42. The maximum Gasteiger partial charge on any atom is 0.416 e. The number of alkyl halides is 3. The van der Waals surface area contributed by atoms with Gasteiger partial charge in [-0.3, -0.25) is 9.59 Å². The number of carbonyl (C=O) groups is 2. The number of hydrogen-bond acceptors (Lipinski definition) is 2. The van der Waals surface area contributed by atoms with E-state index in [4.69, 9.17) is 0 Å².